The molecule has 0 amide bonds. The Labute approximate surface area is 86.5 Å². The second-order valence-electron chi connectivity index (χ2n) is 4.55. The Kier molecular flexibility index (Phi) is 3.24. The van der Waals surface area contributed by atoms with Crippen LogP contribution >= 0.6 is 0 Å². The molecule has 1 aliphatic carbocycles. The van der Waals surface area contributed by atoms with E-state index in [0.717, 1.165) is 26.2 Å². The van der Waals surface area contributed by atoms with Gasteiger partial charge in [-0.2, -0.15) is 0 Å². The Morgan fingerprint density at radius 3 is 2.79 bits per heavy atom. The maximum absolute atomic E-state index is 5.56. The van der Waals surface area contributed by atoms with Crippen molar-refractivity contribution in [2.75, 3.05) is 19.8 Å². The van der Waals surface area contributed by atoms with E-state index in [-0.39, 0.29) is 0 Å². The number of allylic oxidation sites excluding steroid dienone is 1. The van der Waals surface area contributed by atoms with Crippen molar-refractivity contribution in [1.82, 2.24) is 0 Å². The molecular weight excluding hydrogens is 174 g/mol. The molecule has 1 saturated carbocycles. The molecule has 2 nitrogen and oxygen atoms in total. The van der Waals surface area contributed by atoms with Gasteiger partial charge >= 0.3 is 0 Å². The molecule has 0 aromatic heterocycles. The van der Waals surface area contributed by atoms with Crippen LogP contribution in [0.5, 0.6) is 0 Å². The molecule has 0 unspecified atom stereocenters. The third-order valence-corrected chi connectivity index (χ3v) is 3.79. The number of nitrogens with two attached hydrogens (primary N) is 1. The van der Waals surface area contributed by atoms with E-state index >= 15 is 0 Å². The second-order valence-corrected chi connectivity index (χ2v) is 4.55. The fourth-order valence-electron chi connectivity index (χ4n) is 2.95. The first-order chi connectivity index (χ1) is 6.87. The quantitative estimate of drug-likeness (QED) is 0.686. The topological polar surface area (TPSA) is 35.2 Å². The van der Waals surface area contributed by atoms with E-state index in [1.807, 2.05) is 0 Å². The first kappa shape index (κ1) is 10.2. The summed E-state index contributed by atoms with van der Waals surface area (Å²) in [6.07, 6.45) is 9.99. The minimum atomic E-state index is 0.521. The Hall–Kier alpha value is -0.340. The van der Waals surface area contributed by atoms with Crippen LogP contribution in [0.2, 0.25) is 0 Å². The third-order valence-electron chi connectivity index (χ3n) is 3.79. The lowest BCUT2D eigenvalue weighted by Crippen LogP contribution is -2.28. The van der Waals surface area contributed by atoms with Crippen LogP contribution in [0.25, 0.3) is 0 Å². The van der Waals surface area contributed by atoms with Crippen molar-refractivity contribution < 1.29 is 4.74 Å². The Morgan fingerprint density at radius 1 is 1.29 bits per heavy atom. The lowest BCUT2D eigenvalue weighted by Gasteiger charge is -2.35. The standard InChI is InChI=1S/C12H21NO/c13-8-2-4-11-3-1-5-12(11)6-9-14-10-7-12/h4H,1-3,5-10,13H2/b11-4-. The van der Waals surface area contributed by atoms with Gasteiger partial charge in [0.1, 0.15) is 0 Å². The lowest BCUT2D eigenvalue weighted by molar-refractivity contribution is 0.0348. The van der Waals surface area contributed by atoms with E-state index in [9.17, 15) is 0 Å². The highest BCUT2D eigenvalue weighted by Crippen LogP contribution is 2.49. The SMILES string of the molecule is NCC/C=C1/CCCC12CCOCC2. The zero-order chi connectivity index (χ0) is 9.86. The van der Waals surface area contributed by atoms with Gasteiger partial charge in [-0.1, -0.05) is 11.6 Å². The van der Waals surface area contributed by atoms with Crippen LogP contribution in [0.3, 0.4) is 0 Å². The summed E-state index contributed by atoms with van der Waals surface area (Å²) in [7, 11) is 0. The smallest absolute Gasteiger partial charge is 0.0474 e. The Bertz CT molecular complexity index is 216. The highest BCUT2D eigenvalue weighted by molar-refractivity contribution is 5.20. The molecular formula is C12H21NO. The number of hydrogen-bond donors (Lipinski definition) is 1. The second kappa shape index (κ2) is 4.45. The van der Waals surface area contributed by atoms with Gasteiger partial charge in [-0.05, 0) is 50.5 Å². The van der Waals surface area contributed by atoms with Gasteiger partial charge in [0.25, 0.3) is 0 Å². The highest BCUT2D eigenvalue weighted by Gasteiger charge is 2.38. The van der Waals surface area contributed by atoms with Crippen molar-refractivity contribution in [3.63, 3.8) is 0 Å². The average Bonchev–Trinajstić information content (AvgIpc) is 2.59. The molecule has 14 heavy (non-hydrogen) atoms. The van der Waals surface area contributed by atoms with Gasteiger partial charge in [0.15, 0.2) is 0 Å². The van der Waals surface area contributed by atoms with Gasteiger partial charge in [0, 0.05) is 13.2 Å². The molecule has 0 atom stereocenters. The number of hydrogen-bond acceptors (Lipinski definition) is 2. The number of rotatable bonds is 2. The number of ether oxygens (including phenoxy) is 1. The maximum Gasteiger partial charge on any atom is 0.0474 e. The molecule has 1 spiro atoms. The molecule has 2 fully saturated rings. The van der Waals surface area contributed by atoms with Crippen LogP contribution in [-0.4, -0.2) is 19.8 Å². The molecule has 2 rings (SSSR count). The van der Waals surface area contributed by atoms with Crippen LogP contribution in [0.1, 0.15) is 38.5 Å². The van der Waals surface area contributed by atoms with E-state index < -0.39 is 0 Å². The van der Waals surface area contributed by atoms with E-state index in [1.54, 1.807) is 5.57 Å². The zero-order valence-electron chi connectivity index (χ0n) is 8.93. The summed E-state index contributed by atoms with van der Waals surface area (Å²) in [5.74, 6) is 0. The fraction of sp³-hybridized carbons (Fsp3) is 0.833. The van der Waals surface area contributed by atoms with Crippen LogP contribution in [0, 0.1) is 5.41 Å². The summed E-state index contributed by atoms with van der Waals surface area (Å²) in [5.41, 5.74) is 7.76. The van der Waals surface area contributed by atoms with E-state index in [4.69, 9.17) is 10.5 Å². The summed E-state index contributed by atoms with van der Waals surface area (Å²) in [6.45, 7) is 2.70. The van der Waals surface area contributed by atoms with Crippen LogP contribution in [0.4, 0.5) is 0 Å². The van der Waals surface area contributed by atoms with E-state index in [1.165, 1.54) is 32.1 Å². The Morgan fingerprint density at radius 2 is 2.07 bits per heavy atom. The van der Waals surface area contributed by atoms with Crippen molar-refractivity contribution in [1.29, 1.82) is 0 Å². The van der Waals surface area contributed by atoms with Gasteiger partial charge in [0.2, 0.25) is 0 Å². The van der Waals surface area contributed by atoms with Crippen LogP contribution in [-0.2, 0) is 4.74 Å². The minimum absolute atomic E-state index is 0.521. The molecule has 0 bridgehead atoms. The first-order valence-corrected chi connectivity index (χ1v) is 5.85. The normalized spacial score (nSPS) is 28.8. The van der Waals surface area contributed by atoms with Crippen molar-refractivity contribution in [2.24, 2.45) is 11.1 Å². The predicted octanol–water partition coefficient (Wildman–Crippen LogP) is 2.24. The molecule has 0 aromatic rings. The van der Waals surface area contributed by atoms with Crippen molar-refractivity contribution >= 4 is 0 Å². The van der Waals surface area contributed by atoms with Crippen molar-refractivity contribution in [3.8, 4) is 0 Å². The lowest BCUT2D eigenvalue weighted by atomic mass is 9.75. The molecule has 0 aromatic carbocycles. The van der Waals surface area contributed by atoms with Gasteiger partial charge < -0.3 is 10.5 Å². The molecule has 80 valence electrons. The highest BCUT2D eigenvalue weighted by atomic mass is 16.5. The van der Waals surface area contributed by atoms with Gasteiger partial charge in [0.05, 0.1) is 0 Å². The van der Waals surface area contributed by atoms with Crippen molar-refractivity contribution in [2.45, 2.75) is 38.5 Å². The summed E-state index contributed by atoms with van der Waals surface area (Å²) in [4.78, 5) is 0. The average molecular weight is 195 g/mol. The largest absolute Gasteiger partial charge is 0.381 e. The third kappa shape index (κ3) is 1.86. The van der Waals surface area contributed by atoms with Gasteiger partial charge in [-0.15, -0.1) is 0 Å². The van der Waals surface area contributed by atoms with Crippen LogP contribution in [0.15, 0.2) is 11.6 Å². The van der Waals surface area contributed by atoms with E-state index in [2.05, 4.69) is 6.08 Å². The van der Waals surface area contributed by atoms with Gasteiger partial charge in [-0.3, -0.25) is 0 Å². The Balaban J connectivity index is 2.07. The predicted molar refractivity (Wildman–Crippen MR) is 58.1 cm³/mol. The molecule has 1 saturated heterocycles. The minimum Gasteiger partial charge on any atom is -0.381 e. The summed E-state index contributed by atoms with van der Waals surface area (Å²) >= 11 is 0. The summed E-state index contributed by atoms with van der Waals surface area (Å²) in [5, 5.41) is 0. The maximum atomic E-state index is 5.56. The van der Waals surface area contributed by atoms with E-state index in [0.29, 0.717) is 5.41 Å². The molecule has 1 aliphatic heterocycles. The molecule has 2 aliphatic rings. The zero-order valence-corrected chi connectivity index (χ0v) is 8.93. The van der Waals surface area contributed by atoms with Gasteiger partial charge in [-0.25, -0.2) is 0 Å². The molecule has 0 radical (unpaired) electrons. The van der Waals surface area contributed by atoms with Crippen LogP contribution < -0.4 is 5.73 Å². The molecule has 2 N–H and O–H groups in total. The molecule has 2 heteroatoms. The fourth-order valence-corrected chi connectivity index (χ4v) is 2.95. The molecule has 1 heterocycles. The summed E-state index contributed by atoms with van der Waals surface area (Å²) in [6, 6.07) is 0. The first-order valence-electron chi connectivity index (χ1n) is 5.85. The monoisotopic (exact) mass is 195 g/mol. The summed E-state index contributed by atoms with van der Waals surface area (Å²) < 4.78 is 5.46. The van der Waals surface area contributed by atoms with Crippen molar-refractivity contribution in [3.05, 3.63) is 11.6 Å².